The molecule has 0 aliphatic rings. The Balaban J connectivity index is 3.00. The van der Waals surface area contributed by atoms with Crippen LogP contribution < -0.4 is 11.1 Å². The van der Waals surface area contributed by atoms with Gasteiger partial charge in [-0.15, -0.1) is 0 Å². The lowest BCUT2D eigenvalue weighted by molar-refractivity contribution is -0.121. The number of nitrogens with zero attached hydrogens (tertiary/aromatic N) is 1. The molecule has 0 heterocycles. The second kappa shape index (κ2) is 6.86. The van der Waals surface area contributed by atoms with E-state index in [9.17, 15) is 17.6 Å². The molecule has 0 saturated carbocycles. The summed E-state index contributed by atoms with van der Waals surface area (Å²) in [6.07, 6.45) is 0.741. The van der Waals surface area contributed by atoms with Gasteiger partial charge >= 0.3 is 0 Å². The number of nitrogen functional groups attached to an aromatic ring is 1. The molecule has 0 aromatic heterocycles. The van der Waals surface area contributed by atoms with Crippen molar-refractivity contribution in [2.75, 3.05) is 25.9 Å². The van der Waals surface area contributed by atoms with E-state index in [0.717, 1.165) is 22.9 Å². The first-order valence-electron chi connectivity index (χ1n) is 6.48. The van der Waals surface area contributed by atoms with E-state index < -0.39 is 26.6 Å². The molecule has 0 aliphatic carbocycles. The molecule has 6 nitrogen and oxygen atoms in total. The summed E-state index contributed by atoms with van der Waals surface area (Å²) in [5.41, 5.74) is 6.26. The second-order valence-corrected chi connectivity index (χ2v) is 6.76. The molecule has 21 heavy (non-hydrogen) atoms. The molecule has 118 valence electrons. The Bertz CT molecular complexity index is 632. The number of benzene rings is 1. The predicted octanol–water partition coefficient (Wildman–Crippen LogP) is 0.863. The minimum Gasteiger partial charge on any atom is -0.398 e. The van der Waals surface area contributed by atoms with Gasteiger partial charge in [0.25, 0.3) is 0 Å². The zero-order chi connectivity index (χ0) is 16.2. The van der Waals surface area contributed by atoms with E-state index in [1.807, 2.05) is 6.92 Å². The molecule has 1 rings (SSSR count). The third kappa shape index (κ3) is 4.15. The number of hydrogen-bond donors (Lipinski definition) is 2. The van der Waals surface area contributed by atoms with Gasteiger partial charge in [0.2, 0.25) is 15.9 Å². The number of carbonyl (C=O) groups excluding carboxylic acids is 1. The van der Waals surface area contributed by atoms with Crippen molar-refractivity contribution in [2.45, 2.75) is 25.2 Å². The van der Waals surface area contributed by atoms with Gasteiger partial charge in [-0.2, -0.15) is 4.31 Å². The third-order valence-corrected chi connectivity index (χ3v) is 4.77. The second-order valence-electron chi connectivity index (χ2n) is 4.75. The van der Waals surface area contributed by atoms with Crippen LogP contribution >= 0.6 is 0 Å². The minimum atomic E-state index is -4.11. The molecule has 0 radical (unpaired) electrons. The number of hydrogen-bond acceptors (Lipinski definition) is 4. The van der Waals surface area contributed by atoms with Gasteiger partial charge in [-0.3, -0.25) is 4.79 Å². The van der Waals surface area contributed by atoms with Gasteiger partial charge < -0.3 is 11.1 Å². The first-order valence-corrected chi connectivity index (χ1v) is 7.92. The highest BCUT2D eigenvalue weighted by molar-refractivity contribution is 7.89. The van der Waals surface area contributed by atoms with Crippen molar-refractivity contribution in [3.05, 3.63) is 23.5 Å². The molecule has 0 unspecified atom stereocenters. The fraction of sp³-hybridized carbons (Fsp3) is 0.462. The smallest absolute Gasteiger partial charge is 0.246 e. The fourth-order valence-electron chi connectivity index (χ4n) is 1.64. The SMILES string of the molecule is CCCNC(=O)CN(C)S(=O)(=O)c1cc(N)c(C)cc1F. The Morgan fingerprint density at radius 2 is 2.05 bits per heavy atom. The number of likely N-dealkylation sites (N-methyl/N-ethyl adjacent to an activating group) is 1. The number of rotatable bonds is 6. The molecule has 0 bridgehead atoms. The number of nitrogens with two attached hydrogens (primary N) is 1. The molecule has 0 aliphatic heterocycles. The van der Waals surface area contributed by atoms with Crippen molar-refractivity contribution in [1.82, 2.24) is 9.62 Å². The molecule has 0 atom stereocenters. The Morgan fingerprint density at radius 1 is 1.43 bits per heavy atom. The molecule has 0 spiro atoms. The van der Waals surface area contributed by atoms with Crippen molar-refractivity contribution >= 4 is 21.6 Å². The highest BCUT2D eigenvalue weighted by Gasteiger charge is 2.26. The van der Waals surface area contributed by atoms with Crippen LogP contribution in [0.2, 0.25) is 0 Å². The summed E-state index contributed by atoms with van der Waals surface area (Å²) >= 11 is 0. The summed E-state index contributed by atoms with van der Waals surface area (Å²) in [5.74, 6) is -1.33. The summed E-state index contributed by atoms with van der Waals surface area (Å²) in [6.45, 7) is 3.54. The Kier molecular flexibility index (Phi) is 5.68. The lowest BCUT2D eigenvalue weighted by Crippen LogP contribution is -2.38. The average molecular weight is 317 g/mol. The van der Waals surface area contributed by atoms with Crippen LogP contribution in [0.25, 0.3) is 0 Å². The zero-order valence-corrected chi connectivity index (χ0v) is 13.1. The summed E-state index contributed by atoms with van der Waals surface area (Å²) < 4.78 is 39.2. The molecule has 3 N–H and O–H groups in total. The van der Waals surface area contributed by atoms with Crippen molar-refractivity contribution in [3.8, 4) is 0 Å². The lowest BCUT2D eigenvalue weighted by Gasteiger charge is -2.18. The molecule has 1 aromatic carbocycles. The van der Waals surface area contributed by atoms with Gasteiger partial charge in [0.05, 0.1) is 6.54 Å². The van der Waals surface area contributed by atoms with Crippen LogP contribution in [0.5, 0.6) is 0 Å². The Labute approximate surface area is 124 Å². The zero-order valence-electron chi connectivity index (χ0n) is 12.3. The number of anilines is 1. The monoisotopic (exact) mass is 317 g/mol. The van der Waals surface area contributed by atoms with Gasteiger partial charge in [0, 0.05) is 19.3 Å². The molecule has 1 amide bonds. The third-order valence-electron chi connectivity index (χ3n) is 2.95. The van der Waals surface area contributed by atoms with Crippen molar-refractivity contribution in [3.63, 3.8) is 0 Å². The van der Waals surface area contributed by atoms with Crippen LogP contribution in [0.15, 0.2) is 17.0 Å². The molecule has 0 fully saturated rings. The Hall–Kier alpha value is -1.67. The molecular weight excluding hydrogens is 297 g/mol. The highest BCUT2D eigenvalue weighted by Crippen LogP contribution is 2.23. The number of carbonyl (C=O) groups is 1. The van der Waals surface area contributed by atoms with E-state index in [-0.39, 0.29) is 12.2 Å². The van der Waals surface area contributed by atoms with Crippen molar-refractivity contribution in [2.24, 2.45) is 0 Å². The quantitative estimate of drug-likeness (QED) is 0.761. The maximum absolute atomic E-state index is 13.9. The van der Waals surface area contributed by atoms with Crippen LogP contribution in [0.3, 0.4) is 0 Å². The van der Waals surface area contributed by atoms with Crippen LogP contribution in [0, 0.1) is 12.7 Å². The van der Waals surface area contributed by atoms with Gasteiger partial charge in [-0.05, 0) is 31.0 Å². The van der Waals surface area contributed by atoms with Crippen molar-refractivity contribution < 1.29 is 17.6 Å². The molecule has 1 aromatic rings. The Morgan fingerprint density at radius 3 is 2.62 bits per heavy atom. The topological polar surface area (TPSA) is 92.5 Å². The van der Waals surface area contributed by atoms with Crippen LogP contribution in [0.1, 0.15) is 18.9 Å². The van der Waals surface area contributed by atoms with Crippen LogP contribution in [-0.2, 0) is 14.8 Å². The van der Waals surface area contributed by atoms with Gasteiger partial charge in [0.1, 0.15) is 10.7 Å². The van der Waals surface area contributed by atoms with E-state index in [1.54, 1.807) is 6.92 Å². The molecular formula is C13H20FN3O3S. The van der Waals surface area contributed by atoms with Gasteiger partial charge in [-0.25, -0.2) is 12.8 Å². The number of aryl methyl sites for hydroxylation is 1. The van der Waals surface area contributed by atoms with E-state index in [0.29, 0.717) is 12.1 Å². The fourth-order valence-corrected chi connectivity index (χ4v) is 2.85. The van der Waals surface area contributed by atoms with E-state index in [4.69, 9.17) is 5.73 Å². The lowest BCUT2D eigenvalue weighted by atomic mass is 10.2. The van der Waals surface area contributed by atoms with Gasteiger partial charge in [0.15, 0.2) is 0 Å². The highest BCUT2D eigenvalue weighted by atomic mass is 32.2. The summed E-state index contributed by atoms with van der Waals surface area (Å²) in [6, 6.07) is 2.13. The molecule has 0 saturated heterocycles. The van der Waals surface area contributed by atoms with Crippen molar-refractivity contribution in [1.29, 1.82) is 0 Å². The van der Waals surface area contributed by atoms with E-state index in [1.165, 1.54) is 7.05 Å². The number of amides is 1. The predicted molar refractivity (Wildman–Crippen MR) is 78.7 cm³/mol. The van der Waals surface area contributed by atoms with E-state index >= 15 is 0 Å². The summed E-state index contributed by atoms with van der Waals surface area (Å²) in [4.78, 5) is 11.0. The minimum absolute atomic E-state index is 0.179. The largest absolute Gasteiger partial charge is 0.398 e. The maximum atomic E-state index is 13.9. The first-order chi connectivity index (χ1) is 9.70. The number of halogens is 1. The maximum Gasteiger partial charge on any atom is 0.246 e. The van der Waals surface area contributed by atoms with Crippen LogP contribution in [-0.4, -0.2) is 38.8 Å². The molecule has 8 heteroatoms. The summed E-state index contributed by atoms with van der Waals surface area (Å²) in [7, 11) is -2.89. The van der Waals surface area contributed by atoms with Crippen LogP contribution in [0.4, 0.5) is 10.1 Å². The first kappa shape index (κ1) is 17.4. The van der Waals surface area contributed by atoms with E-state index in [2.05, 4.69) is 5.32 Å². The summed E-state index contributed by atoms with van der Waals surface area (Å²) in [5, 5.41) is 2.56. The average Bonchev–Trinajstić information content (AvgIpc) is 2.40. The number of sulfonamides is 1. The standard InChI is InChI=1S/C13H20FN3O3S/c1-4-5-16-13(18)8-17(3)21(19,20)12-7-11(15)9(2)6-10(12)14/h6-7H,4-5,8,15H2,1-3H3,(H,16,18). The number of nitrogens with one attached hydrogen (secondary N) is 1. The van der Waals surface area contributed by atoms with Gasteiger partial charge in [-0.1, -0.05) is 6.92 Å². The normalized spacial score (nSPS) is 11.7.